The van der Waals surface area contributed by atoms with E-state index in [-0.39, 0.29) is 17.6 Å². The summed E-state index contributed by atoms with van der Waals surface area (Å²) in [4.78, 5) is 22.4. The first-order chi connectivity index (χ1) is 8.99. The van der Waals surface area contributed by atoms with Crippen LogP contribution in [0.5, 0.6) is 0 Å². The molecule has 0 radical (unpaired) electrons. The summed E-state index contributed by atoms with van der Waals surface area (Å²) in [6.07, 6.45) is 0.940. The first kappa shape index (κ1) is 15.1. The van der Waals surface area contributed by atoms with Crippen LogP contribution < -0.4 is 0 Å². The number of ether oxygens (including phenoxy) is 1. The molecule has 5 heteroatoms. The van der Waals surface area contributed by atoms with E-state index in [1.807, 2.05) is 13.0 Å². The smallest absolute Gasteiger partial charge is 0.309 e. The Hall–Kier alpha value is -1.91. The Bertz CT molecular complexity index is 471. The highest BCUT2D eigenvalue weighted by molar-refractivity contribution is 5.73. The van der Waals surface area contributed by atoms with E-state index in [9.17, 15) is 14.9 Å². The Kier molecular flexibility index (Phi) is 5.48. The van der Waals surface area contributed by atoms with E-state index in [4.69, 9.17) is 4.74 Å². The van der Waals surface area contributed by atoms with Crippen LogP contribution in [0.3, 0.4) is 0 Å². The minimum Gasteiger partial charge on any atom is -0.466 e. The Balaban J connectivity index is 2.97. The molecule has 104 valence electrons. The van der Waals surface area contributed by atoms with E-state index in [0.717, 1.165) is 5.56 Å². The molecular formula is C14H19NO4. The van der Waals surface area contributed by atoms with E-state index in [1.54, 1.807) is 19.9 Å². The molecular weight excluding hydrogens is 246 g/mol. The van der Waals surface area contributed by atoms with E-state index >= 15 is 0 Å². The molecule has 0 aliphatic rings. The van der Waals surface area contributed by atoms with Crippen LogP contribution in [0.25, 0.3) is 0 Å². The lowest BCUT2D eigenvalue weighted by Gasteiger charge is -2.13. The molecule has 0 fully saturated rings. The predicted octanol–water partition coefficient (Wildman–Crippen LogP) is 3.04. The van der Waals surface area contributed by atoms with Gasteiger partial charge in [-0.3, -0.25) is 14.9 Å². The zero-order chi connectivity index (χ0) is 14.4. The molecule has 0 spiro atoms. The van der Waals surface area contributed by atoms with Crippen molar-refractivity contribution in [3.8, 4) is 0 Å². The third-order valence-electron chi connectivity index (χ3n) is 3.02. The molecule has 1 aromatic rings. The van der Waals surface area contributed by atoms with Crippen LogP contribution in [0, 0.1) is 23.0 Å². The zero-order valence-corrected chi connectivity index (χ0v) is 11.5. The maximum atomic E-state index is 11.7. The molecule has 1 rings (SSSR count). The summed E-state index contributed by atoms with van der Waals surface area (Å²) in [5, 5.41) is 11.0. The van der Waals surface area contributed by atoms with Gasteiger partial charge in [0.25, 0.3) is 5.69 Å². The number of aryl methyl sites for hydroxylation is 1. The minimum atomic E-state index is -0.403. The number of rotatable bonds is 6. The number of carbonyl (C=O) groups excluding carboxylic acids is 1. The van der Waals surface area contributed by atoms with Gasteiger partial charge in [-0.15, -0.1) is 0 Å². The topological polar surface area (TPSA) is 69.4 Å². The average molecular weight is 265 g/mol. The number of nitrogens with zero attached hydrogens (tertiary/aromatic N) is 1. The quantitative estimate of drug-likeness (QED) is 0.450. The molecule has 0 saturated carbocycles. The summed E-state index contributed by atoms with van der Waals surface area (Å²) in [5.74, 6) is -0.624. The van der Waals surface area contributed by atoms with Crippen LogP contribution in [0.4, 0.5) is 5.69 Å². The van der Waals surface area contributed by atoms with Crippen LogP contribution >= 0.6 is 0 Å². The first-order valence-corrected chi connectivity index (χ1v) is 6.40. The molecule has 0 bridgehead atoms. The van der Waals surface area contributed by atoms with E-state index in [1.165, 1.54) is 6.07 Å². The van der Waals surface area contributed by atoms with Crippen molar-refractivity contribution in [1.29, 1.82) is 0 Å². The molecule has 0 aliphatic carbocycles. The third-order valence-corrected chi connectivity index (χ3v) is 3.02. The summed E-state index contributed by atoms with van der Waals surface area (Å²) in [6, 6.07) is 5.07. The van der Waals surface area contributed by atoms with Crippen molar-refractivity contribution in [2.24, 2.45) is 5.92 Å². The van der Waals surface area contributed by atoms with Gasteiger partial charge in [0.05, 0.1) is 17.4 Å². The Morgan fingerprint density at radius 2 is 2.11 bits per heavy atom. The van der Waals surface area contributed by atoms with Crippen LogP contribution in [-0.2, 0) is 16.0 Å². The van der Waals surface area contributed by atoms with Crippen molar-refractivity contribution in [2.75, 3.05) is 6.61 Å². The van der Waals surface area contributed by atoms with Crippen LogP contribution in [0.2, 0.25) is 0 Å². The molecule has 0 aliphatic heterocycles. The van der Waals surface area contributed by atoms with Crippen molar-refractivity contribution in [3.05, 3.63) is 39.4 Å². The SMILES string of the molecule is CCOC(=O)C(CC)Cc1ccc(C)cc1[N+](=O)[O-]. The lowest BCUT2D eigenvalue weighted by Crippen LogP contribution is -2.19. The molecule has 1 aromatic carbocycles. The number of esters is 1. The Morgan fingerprint density at radius 3 is 2.63 bits per heavy atom. The maximum Gasteiger partial charge on any atom is 0.309 e. The number of benzene rings is 1. The van der Waals surface area contributed by atoms with Gasteiger partial charge in [-0.05, 0) is 32.3 Å². The predicted molar refractivity (Wildman–Crippen MR) is 72.0 cm³/mol. The van der Waals surface area contributed by atoms with Crippen molar-refractivity contribution in [2.45, 2.75) is 33.6 Å². The highest BCUT2D eigenvalue weighted by Gasteiger charge is 2.23. The van der Waals surface area contributed by atoms with Gasteiger partial charge in [0.15, 0.2) is 0 Å². The fraction of sp³-hybridized carbons (Fsp3) is 0.500. The Labute approximate surface area is 112 Å². The van der Waals surface area contributed by atoms with Crippen molar-refractivity contribution in [1.82, 2.24) is 0 Å². The summed E-state index contributed by atoms with van der Waals surface area (Å²) < 4.78 is 4.98. The minimum absolute atomic E-state index is 0.0720. The largest absolute Gasteiger partial charge is 0.466 e. The highest BCUT2D eigenvalue weighted by atomic mass is 16.6. The van der Waals surface area contributed by atoms with Gasteiger partial charge < -0.3 is 4.74 Å². The van der Waals surface area contributed by atoms with Crippen molar-refractivity contribution >= 4 is 11.7 Å². The molecule has 0 N–H and O–H groups in total. The van der Waals surface area contributed by atoms with Gasteiger partial charge >= 0.3 is 5.97 Å². The molecule has 0 aromatic heterocycles. The second-order valence-electron chi connectivity index (χ2n) is 4.45. The second-order valence-corrected chi connectivity index (χ2v) is 4.45. The van der Waals surface area contributed by atoms with Gasteiger partial charge in [-0.25, -0.2) is 0 Å². The number of nitro groups is 1. The molecule has 5 nitrogen and oxygen atoms in total. The Morgan fingerprint density at radius 1 is 1.42 bits per heavy atom. The van der Waals surface area contributed by atoms with Gasteiger partial charge in [-0.1, -0.05) is 19.1 Å². The normalized spacial score (nSPS) is 11.9. The standard InChI is InChI=1S/C14H19NO4/c1-4-11(14(16)19-5-2)9-12-7-6-10(3)8-13(12)15(17)18/h6-8,11H,4-5,9H2,1-3H3. The third kappa shape index (κ3) is 4.05. The zero-order valence-electron chi connectivity index (χ0n) is 11.5. The fourth-order valence-electron chi connectivity index (χ4n) is 1.94. The van der Waals surface area contributed by atoms with Crippen LogP contribution in [0.15, 0.2) is 18.2 Å². The molecule has 1 unspecified atom stereocenters. The van der Waals surface area contributed by atoms with Crippen molar-refractivity contribution in [3.63, 3.8) is 0 Å². The molecule has 0 heterocycles. The average Bonchev–Trinajstić information content (AvgIpc) is 2.37. The lowest BCUT2D eigenvalue weighted by molar-refractivity contribution is -0.385. The molecule has 19 heavy (non-hydrogen) atoms. The highest BCUT2D eigenvalue weighted by Crippen LogP contribution is 2.24. The van der Waals surface area contributed by atoms with E-state index < -0.39 is 4.92 Å². The van der Waals surface area contributed by atoms with Crippen molar-refractivity contribution < 1.29 is 14.5 Å². The van der Waals surface area contributed by atoms with Crippen LogP contribution in [0.1, 0.15) is 31.4 Å². The van der Waals surface area contributed by atoms with Gasteiger partial charge in [0.2, 0.25) is 0 Å². The lowest BCUT2D eigenvalue weighted by atomic mass is 9.95. The second kappa shape index (κ2) is 6.87. The summed E-state index contributed by atoms with van der Waals surface area (Å²) in [7, 11) is 0. The number of hydrogen-bond acceptors (Lipinski definition) is 4. The summed E-state index contributed by atoms with van der Waals surface area (Å²) in [5.41, 5.74) is 1.48. The number of carbonyl (C=O) groups is 1. The van der Waals surface area contributed by atoms with Gasteiger partial charge in [-0.2, -0.15) is 0 Å². The summed E-state index contributed by atoms with van der Waals surface area (Å²) in [6.45, 7) is 5.76. The fourth-order valence-corrected chi connectivity index (χ4v) is 1.94. The molecule has 1 atom stereocenters. The molecule has 0 amide bonds. The van der Waals surface area contributed by atoms with Gasteiger partial charge in [0, 0.05) is 11.6 Å². The monoisotopic (exact) mass is 265 g/mol. The number of hydrogen-bond donors (Lipinski definition) is 0. The van der Waals surface area contributed by atoms with Crippen LogP contribution in [-0.4, -0.2) is 17.5 Å². The summed E-state index contributed by atoms with van der Waals surface area (Å²) >= 11 is 0. The van der Waals surface area contributed by atoms with E-state index in [0.29, 0.717) is 25.0 Å². The first-order valence-electron chi connectivity index (χ1n) is 6.40. The van der Waals surface area contributed by atoms with Gasteiger partial charge in [0.1, 0.15) is 0 Å². The molecule has 0 saturated heterocycles. The van der Waals surface area contributed by atoms with E-state index in [2.05, 4.69) is 0 Å². The maximum absolute atomic E-state index is 11.7. The number of nitro benzene ring substituents is 1.